The summed E-state index contributed by atoms with van der Waals surface area (Å²) in [5.41, 5.74) is -0.200. The zero-order valence-corrected chi connectivity index (χ0v) is 17.9. The van der Waals surface area contributed by atoms with Gasteiger partial charge < -0.3 is 24.8 Å². The van der Waals surface area contributed by atoms with Crippen LogP contribution in [0.4, 0.5) is 14.5 Å². The minimum absolute atomic E-state index is 0.0218. The molecule has 7 nitrogen and oxygen atoms in total. The van der Waals surface area contributed by atoms with Crippen LogP contribution < -0.4 is 15.5 Å². The fourth-order valence-electron chi connectivity index (χ4n) is 3.59. The van der Waals surface area contributed by atoms with Crippen molar-refractivity contribution in [2.45, 2.75) is 26.4 Å². The van der Waals surface area contributed by atoms with Crippen LogP contribution in [-0.4, -0.2) is 34.5 Å². The summed E-state index contributed by atoms with van der Waals surface area (Å²) in [4.78, 5) is 24.6. The van der Waals surface area contributed by atoms with Crippen molar-refractivity contribution in [3.05, 3.63) is 69.5 Å². The predicted octanol–water partition coefficient (Wildman–Crippen LogP) is 3.79. The summed E-state index contributed by atoms with van der Waals surface area (Å²) in [5.74, 6) is -2.53. The number of carboxylic acids is 1. The van der Waals surface area contributed by atoms with Crippen molar-refractivity contribution in [3.8, 4) is 5.75 Å². The largest absolute Gasteiger partial charge is 0.495 e. The van der Waals surface area contributed by atoms with Crippen LogP contribution in [0, 0.1) is 17.6 Å². The molecule has 0 amide bonds. The van der Waals surface area contributed by atoms with Gasteiger partial charge in [0.2, 0.25) is 5.43 Å². The van der Waals surface area contributed by atoms with Gasteiger partial charge in [0.25, 0.3) is 0 Å². The van der Waals surface area contributed by atoms with Crippen LogP contribution >= 0.6 is 0 Å². The normalized spacial score (nSPS) is 12.2. The number of carboxylic acid groups (broad SMARTS) is 1. The van der Waals surface area contributed by atoms with Gasteiger partial charge >= 0.3 is 5.97 Å². The fraction of sp³-hybridized carbons (Fsp3) is 0.304. The number of rotatable bonds is 8. The number of nitrogens with one attached hydrogen (secondary N) is 1. The average molecular weight is 446 g/mol. The molecule has 0 spiro atoms. The third-order valence-corrected chi connectivity index (χ3v) is 5.38. The Labute approximate surface area is 182 Å². The number of pyridine rings is 1. The van der Waals surface area contributed by atoms with Crippen molar-refractivity contribution in [1.29, 1.82) is 0 Å². The minimum Gasteiger partial charge on any atom is -0.495 e. The molecule has 2 aromatic carbocycles. The Balaban J connectivity index is 2.18. The maximum atomic E-state index is 14.0. The van der Waals surface area contributed by atoms with Crippen LogP contribution in [0.15, 0.2) is 41.3 Å². The number of aromatic nitrogens is 1. The average Bonchev–Trinajstić information content (AvgIpc) is 2.74. The van der Waals surface area contributed by atoms with Gasteiger partial charge in [-0.05, 0) is 18.1 Å². The lowest BCUT2D eigenvalue weighted by Gasteiger charge is -2.25. The number of benzene rings is 2. The van der Waals surface area contributed by atoms with E-state index < -0.39 is 34.6 Å². The topological polar surface area (TPSA) is 101 Å². The highest BCUT2D eigenvalue weighted by atomic mass is 19.1. The number of halogens is 2. The van der Waals surface area contributed by atoms with E-state index in [9.17, 15) is 28.6 Å². The van der Waals surface area contributed by atoms with Gasteiger partial charge in [-0.3, -0.25) is 4.79 Å². The quantitative estimate of drug-likeness (QED) is 0.487. The summed E-state index contributed by atoms with van der Waals surface area (Å²) >= 11 is 0. The molecule has 1 aromatic heterocycles. The minimum atomic E-state index is -1.38. The maximum absolute atomic E-state index is 14.0. The molecule has 3 aromatic rings. The van der Waals surface area contributed by atoms with Crippen LogP contribution in [0.5, 0.6) is 5.75 Å². The molecule has 0 unspecified atom stereocenters. The molecule has 170 valence electrons. The van der Waals surface area contributed by atoms with Crippen LogP contribution in [-0.2, 0) is 6.54 Å². The van der Waals surface area contributed by atoms with Crippen molar-refractivity contribution >= 4 is 22.6 Å². The highest BCUT2D eigenvalue weighted by Gasteiger charge is 2.22. The first-order valence-corrected chi connectivity index (χ1v) is 9.96. The molecule has 0 aliphatic rings. The number of aliphatic hydroxyl groups is 1. The van der Waals surface area contributed by atoms with Gasteiger partial charge in [-0.15, -0.1) is 0 Å². The van der Waals surface area contributed by atoms with E-state index in [-0.39, 0.29) is 30.0 Å². The Morgan fingerprint density at radius 1 is 1.22 bits per heavy atom. The Kier molecular flexibility index (Phi) is 6.78. The standard InChI is InChI=1S/C23H24F2N2O5/c1-12(2)20(11-28)27-10-16(23(30)31)22(29)15-7-18(21(32-3)8-19(15)27)26-9-13-4-5-14(24)6-17(13)25/h4-8,10,12,20,26,28H,9,11H2,1-3H3,(H,30,31)/t20-/m1/s1. The third kappa shape index (κ3) is 4.43. The number of aromatic carboxylic acids is 1. The van der Waals surface area contributed by atoms with Gasteiger partial charge in [0.1, 0.15) is 22.9 Å². The number of aliphatic hydroxyl groups excluding tert-OH is 1. The molecule has 1 heterocycles. The number of methoxy groups -OCH3 is 1. The van der Waals surface area contributed by atoms with Crippen molar-refractivity contribution in [3.63, 3.8) is 0 Å². The molecule has 3 rings (SSSR count). The fourth-order valence-corrected chi connectivity index (χ4v) is 3.59. The van der Waals surface area contributed by atoms with Crippen molar-refractivity contribution in [2.75, 3.05) is 19.0 Å². The summed E-state index contributed by atoms with van der Waals surface area (Å²) in [6.07, 6.45) is 1.23. The van der Waals surface area contributed by atoms with E-state index in [4.69, 9.17) is 4.74 Å². The smallest absolute Gasteiger partial charge is 0.341 e. The van der Waals surface area contributed by atoms with E-state index in [1.165, 1.54) is 25.4 Å². The van der Waals surface area contributed by atoms with Crippen LogP contribution in [0.2, 0.25) is 0 Å². The second-order valence-electron chi connectivity index (χ2n) is 7.74. The molecule has 3 N–H and O–H groups in total. The van der Waals surface area contributed by atoms with Gasteiger partial charge in [0.15, 0.2) is 0 Å². The number of fused-ring (bicyclic) bond motifs is 1. The Bertz CT molecular complexity index is 1220. The lowest BCUT2D eigenvalue weighted by Crippen LogP contribution is -2.25. The molecule has 0 aliphatic carbocycles. The number of nitrogens with zero attached hydrogens (tertiary/aromatic N) is 1. The van der Waals surface area contributed by atoms with Gasteiger partial charge in [-0.25, -0.2) is 13.6 Å². The molecule has 0 saturated heterocycles. The monoisotopic (exact) mass is 446 g/mol. The Morgan fingerprint density at radius 2 is 1.94 bits per heavy atom. The first-order chi connectivity index (χ1) is 15.2. The van der Waals surface area contributed by atoms with Crippen molar-refractivity contribution < 1.29 is 28.5 Å². The summed E-state index contributed by atoms with van der Waals surface area (Å²) in [7, 11) is 1.42. The van der Waals surface area contributed by atoms with Gasteiger partial charge in [-0.1, -0.05) is 19.9 Å². The lowest BCUT2D eigenvalue weighted by atomic mass is 10.0. The number of anilines is 1. The van der Waals surface area contributed by atoms with Crippen LogP contribution in [0.25, 0.3) is 10.9 Å². The molecule has 0 radical (unpaired) electrons. The number of ether oxygens (including phenoxy) is 1. The number of hydrogen-bond donors (Lipinski definition) is 3. The summed E-state index contributed by atoms with van der Waals surface area (Å²) in [6.45, 7) is 3.46. The summed E-state index contributed by atoms with van der Waals surface area (Å²) < 4.78 is 34.1. The second-order valence-corrected chi connectivity index (χ2v) is 7.74. The first kappa shape index (κ1) is 23.2. The SMILES string of the molecule is COc1cc2c(cc1NCc1ccc(F)cc1F)c(=O)c(C(=O)O)cn2[C@H](CO)C(C)C. The molecule has 0 fully saturated rings. The third-order valence-electron chi connectivity index (χ3n) is 5.38. The van der Waals surface area contributed by atoms with Crippen molar-refractivity contribution in [1.82, 2.24) is 4.57 Å². The summed E-state index contributed by atoms with van der Waals surface area (Å²) in [5, 5.41) is 22.5. The molecule has 0 aliphatic heterocycles. The number of carbonyl (C=O) groups is 1. The Morgan fingerprint density at radius 3 is 2.50 bits per heavy atom. The maximum Gasteiger partial charge on any atom is 0.341 e. The second kappa shape index (κ2) is 9.35. The van der Waals surface area contributed by atoms with E-state index >= 15 is 0 Å². The molecule has 32 heavy (non-hydrogen) atoms. The zero-order chi connectivity index (χ0) is 23.6. The van der Waals surface area contributed by atoms with Crippen LogP contribution in [0.1, 0.15) is 35.8 Å². The summed E-state index contributed by atoms with van der Waals surface area (Å²) in [6, 6.07) is 5.74. The predicted molar refractivity (Wildman–Crippen MR) is 116 cm³/mol. The lowest BCUT2D eigenvalue weighted by molar-refractivity contribution is 0.0694. The van der Waals surface area contributed by atoms with E-state index in [0.29, 0.717) is 17.0 Å². The molecule has 0 saturated carbocycles. The molecule has 9 heteroatoms. The van der Waals surface area contributed by atoms with Gasteiger partial charge in [0.05, 0.1) is 31.0 Å². The van der Waals surface area contributed by atoms with Crippen molar-refractivity contribution in [2.24, 2.45) is 5.92 Å². The molecular weight excluding hydrogens is 422 g/mol. The highest BCUT2D eigenvalue weighted by Crippen LogP contribution is 2.32. The highest BCUT2D eigenvalue weighted by molar-refractivity contribution is 5.94. The van der Waals surface area contributed by atoms with Crippen LogP contribution in [0.3, 0.4) is 0 Å². The van der Waals surface area contributed by atoms with E-state index in [0.717, 1.165) is 12.1 Å². The Hall–Kier alpha value is -3.46. The van der Waals surface area contributed by atoms with Gasteiger partial charge in [-0.2, -0.15) is 0 Å². The van der Waals surface area contributed by atoms with E-state index in [1.807, 2.05) is 13.8 Å². The number of hydrogen-bond acceptors (Lipinski definition) is 5. The van der Waals surface area contributed by atoms with E-state index in [1.54, 1.807) is 10.6 Å². The molecular formula is C23H24F2N2O5. The van der Waals surface area contributed by atoms with Gasteiger partial charge in [0, 0.05) is 35.8 Å². The van der Waals surface area contributed by atoms with E-state index in [2.05, 4.69) is 5.32 Å². The zero-order valence-electron chi connectivity index (χ0n) is 17.9. The molecule has 1 atom stereocenters. The molecule has 0 bridgehead atoms. The first-order valence-electron chi connectivity index (χ1n) is 9.96.